The Balaban J connectivity index is 2.97. The van der Waals surface area contributed by atoms with Crippen molar-refractivity contribution in [2.24, 2.45) is 4.99 Å². The highest BCUT2D eigenvalue weighted by atomic mass is 32.1. The van der Waals surface area contributed by atoms with Gasteiger partial charge >= 0.3 is 0 Å². The fourth-order valence-corrected chi connectivity index (χ4v) is 3.58. The van der Waals surface area contributed by atoms with Crippen LogP contribution in [-0.4, -0.2) is 11.7 Å². The predicted octanol–water partition coefficient (Wildman–Crippen LogP) is 8.91. The Labute approximate surface area is 164 Å². The molecular weight excluding hydrogens is 322 g/mol. The van der Waals surface area contributed by atoms with Crippen molar-refractivity contribution in [2.75, 3.05) is 6.54 Å². The van der Waals surface area contributed by atoms with Crippen molar-refractivity contribution in [1.29, 1.82) is 0 Å². The number of isothiocyanates is 1. The summed E-state index contributed by atoms with van der Waals surface area (Å²) in [5, 5.41) is 2.44. The molecule has 0 atom stereocenters. The van der Waals surface area contributed by atoms with E-state index in [1.165, 1.54) is 128 Å². The zero-order chi connectivity index (χ0) is 18.3. The smallest absolute Gasteiger partial charge is 0.0584 e. The van der Waals surface area contributed by atoms with Gasteiger partial charge in [0.2, 0.25) is 0 Å². The number of aliphatic imine (C=N–C) groups is 1. The Kier molecular flexibility index (Phi) is 23.6. The van der Waals surface area contributed by atoms with Gasteiger partial charge in [-0.05, 0) is 18.6 Å². The van der Waals surface area contributed by atoms with E-state index in [1.54, 1.807) is 0 Å². The molecule has 0 N–H and O–H groups in total. The summed E-state index contributed by atoms with van der Waals surface area (Å²) in [6.07, 6.45) is 28.5. The summed E-state index contributed by atoms with van der Waals surface area (Å²) in [6, 6.07) is 0. The first-order valence-corrected chi connectivity index (χ1v) is 11.9. The highest BCUT2D eigenvalue weighted by Gasteiger charge is 1.95. The molecule has 0 aromatic carbocycles. The molecule has 0 saturated carbocycles. The summed E-state index contributed by atoms with van der Waals surface area (Å²) in [5.74, 6) is 0. The standard InChI is InChI=1S/C23H45NS/c1-2-3-4-5-6-7-8-9-10-11-12-13-14-15-16-17-18-19-20-21-22-24-23-25/h2-22H2,1H3. The summed E-state index contributed by atoms with van der Waals surface area (Å²) in [7, 11) is 0. The van der Waals surface area contributed by atoms with E-state index < -0.39 is 0 Å². The van der Waals surface area contributed by atoms with Gasteiger partial charge in [0.15, 0.2) is 0 Å². The quantitative estimate of drug-likeness (QED) is 0.112. The second-order valence-electron chi connectivity index (χ2n) is 7.69. The van der Waals surface area contributed by atoms with Gasteiger partial charge < -0.3 is 0 Å². The lowest BCUT2D eigenvalue weighted by Gasteiger charge is -2.04. The van der Waals surface area contributed by atoms with Crippen LogP contribution in [0.1, 0.15) is 135 Å². The zero-order valence-electron chi connectivity index (χ0n) is 17.2. The molecule has 2 heteroatoms. The van der Waals surface area contributed by atoms with E-state index in [1.807, 2.05) is 0 Å². The topological polar surface area (TPSA) is 12.4 Å². The van der Waals surface area contributed by atoms with Gasteiger partial charge in [-0.25, -0.2) is 4.99 Å². The van der Waals surface area contributed by atoms with E-state index in [9.17, 15) is 0 Å². The number of hydrogen-bond donors (Lipinski definition) is 0. The van der Waals surface area contributed by atoms with Crippen molar-refractivity contribution in [3.8, 4) is 0 Å². The second-order valence-corrected chi connectivity index (χ2v) is 7.87. The maximum atomic E-state index is 4.56. The minimum atomic E-state index is 0.877. The zero-order valence-corrected chi connectivity index (χ0v) is 18.0. The third kappa shape index (κ3) is 23.8. The monoisotopic (exact) mass is 367 g/mol. The molecule has 148 valence electrons. The van der Waals surface area contributed by atoms with Gasteiger partial charge in [0, 0.05) is 6.54 Å². The molecule has 0 saturated heterocycles. The van der Waals surface area contributed by atoms with Crippen LogP contribution >= 0.6 is 12.2 Å². The summed E-state index contributed by atoms with van der Waals surface area (Å²) in [6.45, 7) is 3.17. The van der Waals surface area contributed by atoms with Gasteiger partial charge in [-0.2, -0.15) is 0 Å². The van der Waals surface area contributed by atoms with Crippen molar-refractivity contribution >= 4 is 17.4 Å². The normalized spacial score (nSPS) is 10.8. The molecule has 1 nitrogen and oxygen atoms in total. The molecule has 0 aromatic heterocycles. The van der Waals surface area contributed by atoms with Crippen LogP contribution in [0.3, 0.4) is 0 Å². The molecule has 0 fully saturated rings. The second kappa shape index (κ2) is 23.8. The van der Waals surface area contributed by atoms with Crippen LogP contribution in [0.5, 0.6) is 0 Å². The van der Waals surface area contributed by atoms with Crippen molar-refractivity contribution in [1.82, 2.24) is 0 Å². The number of nitrogens with zero attached hydrogens (tertiary/aromatic N) is 1. The Morgan fingerprint density at radius 3 is 1.04 bits per heavy atom. The van der Waals surface area contributed by atoms with E-state index in [2.05, 4.69) is 29.3 Å². The van der Waals surface area contributed by atoms with E-state index in [-0.39, 0.29) is 0 Å². The summed E-state index contributed by atoms with van der Waals surface area (Å²) < 4.78 is 0. The van der Waals surface area contributed by atoms with Crippen LogP contribution in [0.25, 0.3) is 0 Å². The van der Waals surface area contributed by atoms with Gasteiger partial charge in [0.1, 0.15) is 0 Å². The van der Waals surface area contributed by atoms with Gasteiger partial charge in [-0.15, -0.1) is 0 Å². The molecule has 0 spiro atoms. The largest absolute Gasteiger partial charge is 0.233 e. The lowest BCUT2D eigenvalue weighted by Crippen LogP contribution is -1.85. The van der Waals surface area contributed by atoms with Crippen LogP contribution in [0.4, 0.5) is 0 Å². The first-order valence-electron chi connectivity index (χ1n) is 11.5. The summed E-state index contributed by atoms with van der Waals surface area (Å²) in [5.41, 5.74) is 0. The Morgan fingerprint density at radius 1 is 0.480 bits per heavy atom. The van der Waals surface area contributed by atoms with Crippen LogP contribution in [0, 0.1) is 0 Å². The maximum absolute atomic E-state index is 4.56. The number of hydrogen-bond acceptors (Lipinski definition) is 2. The van der Waals surface area contributed by atoms with Crippen LogP contribution in [0.15, 0.2) is 4.99 Å². The van der Waals surface area contributed by atoms with Crippen molar-refractivity contribution in [2.45, 2.75) is 135 Å². The molecule has 0 aliphatic carbocycles. The van der Waals surface area contributed by atoms with E-state index in [0.29, 0.717) is 0 Å². The van der Waals surface area contributed by atoms with Crippen LogP contribution in [0.2, 0.25) is 0 Å². The van der Waals surface area contributed by atoms with Gasteiger partial charge in [-0.1, -0.05) is 129 Å². The fourth-order valence-electron chi connectivity index (χ4n) is 3.49. The van der Waals surface area contributed by atoms with Gasteiger partial charge in [0.05, 0.1) is 5.16 Å². The van der Waals surface area contributed by atoms with Crippen molar-refractivity contribution < 1.29 is 0 Å². The minimum Gasteiger partial charge on any atom is -0.233 e. The average Bonchev–Trinajstić information content (AvgIpc) is 2.63. The molecule has 0 rings (SSSR count). The molecule has 0 unspecified atom stereocenters. The molecule has 0 bridgehead atoms. The Hall–Kier alpha value is -0.200. The van der Waals surface area contributed by atoms with E-state index in [0.717, 1.165) is 6.54 Å². The molecule has 25 heavy (non-hydrogen) atoms. The highest BCUT2D eigenvalue weighted by Crippen LogP contribution is 2.14. The maximum Gasteiger partial charge on any atom is 0.0584 e. The lowest BCUT2D eigenvalue weighted by molar-refractivity contribution is 0.522. The molecular formula is C23H45NS. The molecule has 0 radical (unpaired) electrons. The molecule has 0 aliphatic heterocycles. The number of unbranched alkanes of at least 4 members (excludes halogenated alkanes) is 19. The summed E-state index contributed by atoms with van der Waals surface area (Å²) >= 11 is 4.56. The van der Waals surface area contributed by atoms with Crippen molar-refractivity contribution in [3.63, 3.8) is 0 Å². The summed E-state index contributed by atoms with van der Waals surface area (Å²) in [4.78, 5) is 3.95. The SMILES string of the molecule is CCCCCCCCCCCCCCCCCCCCCCN=C=S. The van der Waals surface area contributed by atoms with Crippen LogP contribution in [-0.2, 0) is 0 Å². The highest BCUT2D eigenvalue weighted by molar-refractivity contribution is 7.78. The number of rotatable bonds is 21. The number of thiocarbonyl (C=S) groups is 1. The van der Waals surface area contributed by atoms with Gasteiger partial charge in [0.25, 0.3) is 0 Å². The fraction of sp³-hybridized carbons (Fsp3) is 0.957. The predicted molar refractivity (Wildman–Crippen MR) is 118 cm³/mol. The third-order valence-corrected chi connectivity index (χ3v) is 5.32. The van der Waals surface area contributed by atoms with Gasteiger partial charge in [-0.3, -0.25) is 0 Å². The third-order valence-electron chi connectivity index (χ3n) is 5.19. The Bertz CT molecular complexity index is 284. The molecule has 0 aliphatic rings. The lowest BCUT2D eigenvalue weighted by atomic mass is 10.0. The first kappa shape index (κ1) is 24.8. The average molecular weight is 368 g/mol. The molecule has 0 heterocycles. The van der Waals surface area contributed by atoms with E-state index >= 15 is 0 Å². The first-order chi connectivity index (χ1) is 12.4. The molecule has 0 amide bonds. The van der Waals surface area contributed by atoms with Crippen LogP contribution < -0.4 is 0 Å². The van der Waals surface area contributed by atoms with E-state index in [4.69, 9.17) is 0 Å². The minimum absolute atomic E-state index is 0.877. The molecule has 0 aromatic rings. The van der Waals surface area contributed by atoms with Crippen molar-refractivity contribution in [3.05, 3.63) is 0 Å². The Morgan fingerprint density at radius 2 is 0.760 bits per heavy atom.